The van der Waals surface area contributed by atoms with E-state index in [9.17, 15) is 4.79 Å². The minimum absolute atomic E-state index is 0.109. The van der Waals surface area contributed by atoms with Gasteiger partial charge < -0.3 is 0 Å². The monoisotopic (exact) mass is 241 g/mol. The summed E-state index contributed by atoms with van der Waals surface area (Å²) in [6.45, 7) is 5.73. The van der Waals surface area contributed by atoms with Crippen molar-refractivity contribution < 1.29 is 4.79 Å². The third kappa shape index (κ3) is 2.58. The third-order valence-electron chi connectivity index (χ3n) is 3.20. The maximum Gasteiger partial charge on any atom is 0.160 e. The lowest BCUT2D eigenvalue weighted by Gasteiger charge is -2.07. The van der Waals surface area contributed by atoms with Crippen LogP contribution in [-0.2, 0) is 6.42 Å². The molecule has 18 heavy (non-hydrogen) atoms. The van der Waals surface area contributed by atoms with Crippen LogP contribution >= 0.6 is 0 Å². The van der Waals surface area contributed by atoms with Crippen molar-refractivity contribution >= 4 is 16.7 Å². The number of hydrogen-bond acceptors (Lipinski definition) is 2. The van der Waals surface area contributed by atoms with Crippen molar-refractivity contribution in [3.63, 3.8) is 0 Å². The summed E-state index contributed by atoms with van der Waals surface area (Å²) in [5.41, 5.74) is 3.89. The Kier molecular flexibility index (Phi) is 3.75. The first-order valence-electron chi connectivity index (χ1n) is 6.53. The number of Topliss-reactive ketones (excluding diaryl/α,β-unsaturated/α-hetero) is 1. The fourth-order valence-corrected chi connectivity index (χ4v) is 2.23. The number of hydrogen-bond donors (Lipinski definition) is 0. The molecule has 0 bridgehead atoms. The summed E-state index contributed by atoms with van der Waals surface area (Å²) in [7, 11) is 0. The summed E-state index contributed by atoms with van der Waals surface area (Å²) >= 11 is 0. The standard InChI is InChI=1S/C16H19NO/c1-4-5-6-13-7-8-16-15(10-13)14(12(3)18)9-11(2)17-16/h7-10H,4-6H2,1-3H3. The zero-order chi connectivity index (χ0) is 13.1. The van der Waals surface area contributed by atoms with Gasteiger partial charge in [-0.2, -0.15) is 0 Å². The van der Waals surface area contributed by atoms with Crippen LogP contribution in [0.5, 0.6) is 0 Å². The van der Waals surface area contributed by atoms with Gasteiger partial charge in [0, 0.05) is 16.6 Å². The van der Waals surface area contributed by atoms with Gasteiger partial charge in [0.25, 0.3) is 0 Å². The molecular weight excluding hydrogens is 222 g/mol. The van der Waals surface area contributed by atoms with E-state index in [2.05, 4.69) is 24.0 Å². The molecular formula is C16H19NO. The van der Waals surface area contributed by atoms with Gasteiger partial charge in [-0.25, -0.2) is 0 Å². The average Bonchev–Trinajstić information content (AvgIpc) is 2.35. The SMILES string of the molecule is CCCCc1ccc2nc(C)cc(C(C)=O)c2c1. The summed E-state index contributed by atoms with van der Waals surface area (Å²) in [5, 5.41) is 0.988. The van der Waals surface area contributed by atoms with Crippen LogP contribution in [0.15, 0.2) is 24.3 Å². The van der Waals surface area contributed by atoms with Gasteiger partial charge in [0.05, 0.1) is 5.52 Å². The molecule has 0 unspecified atom stereocenters. The highest BCUT2D eigenvalue weighted by molar-refractivity contribution is 6.06. The van der Waals surface area contributed by atoms with Crippen molar-refractivity contribution in [1.29, 1.82) is 0 Å². The molecule has 1 aromatic heterocycles. The Hall–Kier alpha value is -1.70. The third-order valence-corrected chi connectivity index (χ3v) is 3.20. The van der Waals surface area contributed by atoms with Crippen molar-refractivity contribution in [3.8, 4) is 0 Å². The summed E-state index contributed by atoms with van der Waals surface area (Å²) in [6, 6.07) is 8.15. The van der Waals surface area contributed by atoms with Gasteiger partial charge >= 0.3 is 0 Å². The Balaban J connectivity index is 2.56. The molecule has 1 aromatic carbocycles. The van der Waals surface area contributed by atoms with E-state index in [1.165, 1.54) is 18.4 Å². The maximum absolute atomic E-state index is 11.7. The molecule has 0 aliphatic heterocycles. The Bertz CT molecular complexity index is 587. The number of rotatable bonds is 4. The number of carbonyl (C=O) groups excluding carboxylic acids is 1. The van der Waals surface area contributed by atoms with Crippen molar-refractivity contribution in [2.75, 3.05) is 0 Å². The molecule has 2 nitrogen and oxygen atoms in total. The highest BCUT2D eigenvalue weighted by atomic mass is 16.1. The number of carbonyl (C=O) groups is 1. The lowest BCUT2D eigenvalue weighted by atomic mass is 10.0. The first kappa shape index (κ1) is 12.7. The Morgan fingerprint density at radius 2 is 2.06 bits per heavy atom. The fraction of sp³-hybridized carbons (Fsp3) is 0.375. The van der Waals surface area contributed by atoms with Crippen molar-refractivity contribution in [3.05, 3.63) is 41.1 Å². The molecule has 2 aromatic rings. The summed E-state index contributed by atoms with van der Waals surface area (Å²) in [5.74, 6) is 0.109. The number of nitrogens with zero attached hydrogens (tertiary/aromatic N) is 1. The van der Waals surface area contributed by atoms with E-state index in [0.717, 1.165) is 28.6 Å². The van der Waals surface area contributed by atoms with E-state index in [1.54, 1.807) is 6.92 Å². The quantitative estimate of drug-likeness (QED) is 0.755. The second kappa shape index (κ2) is 5.30. The van der Waals surface area contributed by atoms with E-state index in [-0.39, 0.29) is 5.78 Å². The molecule has 0 spiro atoms. The zero-order valence-electron chi connectivity index (χ0n) is 11.3. The lowest BCUT2D eigenvalue weighted by Crippen LogP contribution is -1.98. The summed E-state index contributed by atoms with van der Waals surface area (Å²) < 4.78 is 0. The van der Waals surface area contributed by atoms with E-state index < -0.39 is 0 Å². The number of benzene rings is 1. The molecule has 0 fully saturated rings. The molecule has 2 heteroatoms. The van der Waals surface area contributed by atoms with E-state index >= 15 is 0 Å². The molecule has 0 N–H and O–H groups in total. The molecule has 0 radical (unpaired) electrons. The smallest absolute Gasteiger partial charge is 0.160 e. The van der Waals surface area contributed by atoms with Crippen LogP contribution in [0.2, 0.25) is 0 Å². The van der Waals surface area contributed by atoms with E-state index in [1.807, 2.05) is 19.1 Å². The molecule has 2 rings (SSSR count). The van der Waals surface area contributed by atoms with Crippen LogP contribution in [0.4, 0.5) is 0 Å². The van der Waals surface area contributed by atoms with Gasteiger partial charge in [-0.15, -0.1) is 0 Å². The molecule has 0 amide bonds. The van der Waals surface area contributed by atoms with Gasteiger partial charge in [0.1, 0.15) is 0 Å². The molecule has 1 heterocycles. The second-order valence-corrected chi connectivity index (χ2v) is 4.82. The molecule has 0 saturated heterocycles. The predicted molar refractivity (Wildman–Crippen MR) is 75.1 cm³/mol. The lowest BCUT2D eigenvalue weighted by molar-refractivity contribution is 0.101. The number of aromatic nitrogens is 1. The van der Waals surface area contributed by atoms with Gasteiger partial charge in [0.15, 0.2) is 5.78 Å². The van der Waals surface area contributed by atoms with Gasteiger partial charge in [-0.3, -0.25) is 9.78 Å². The highest BCUT2D eigenvalue weighted by Crippen LogP contribution is 2.21. The van der Waals surface area contributed by atoms with E-state index in [0.29, 0.717) is 0 Å². The van der Waals surface area contributed by atoms with Gasteiger partial charge in [0.2, 0.25) is 0 Å². The normalized spacial score (nSPS) is 10.8. The summed E-state index contributed by atoms with van der Waals surface area (Å²) in [6.07, 6.45) is 3.43. The van der Waals surface area contributed by atoms with Crippen molar-refractivity contribution in [2.45, 2.75) is 40.0 Å². The topological polar surface area (TPSA) is 30.0 Å². The van der Waals surface area contributed by atoms with Crippen LogP contribution in [0.1, 0.15) is 48.3 Å². The van der Waals surface area contributed by atoms with Crippen molar-refractivity contribution in [2.24, 2.45) is 0 Å². The maximum atomic E-state index is 11.7. The predicted octanol–water partition coefficient (Wildman–Crippen LogP) is 4.09. The average molecular weight is 241 g/mol. The Labute approximate surface area is 108 Å². The van der Waals surface area contributed by atoms with Crippen LogP contribution in [0.25, 0.3) is 10.9 Å². The van der Waals surface area contributed by atoms with Gasteiger partial charge in [-0.05, 0) is 50.5 Å². The van der Waals surface area contributed by atoms with Crippen LogP contribution in [-0.4, -0.2) is 10.8 Å². The van der Waals surface area contributed by atoms with Gasteiger partial charge in [-0.1, -0.05) is 19.4 Å². The molecule has 94 valence electrons. The molecule has 0 aliphatic carbocycles. The Morgan fingerprint density at radius 3 is 2.72 bits per heavy atom. The van der Waals surface area contributed by atoms with E-state index in [4.69, 9.17) is 0 Å². The minimum Gasteiger partial charge on any atom is -0.294 e. The molecule has 0 saturated carbocycles. The van der Waals surface area contributed by atoms with Crippen LogP contribution in [0.3, 0.4) is 0 Å². The largest absolute Gasteiger partial charge is 0.294 e. The minimum atomic E-state index is 0.109. The Morgan fingerprint density at radius 1 is 1.28 bits per heavy atom. The fourth-order valence-electron chi connectivity index (χ4n) is 2.23. The molecule has 0 aliphatic rings. The summed E-state index contributed by atoms with van der Waals surface area (Å²) in [4.78, 5) is 16.2. The first-order valence-corrected chi connectivity index (χ1v) is 6.53. The second-order valence-electron chi connectivity index (χ2n) is 4.82. The highest BCUT2D eigenvalue weighted by Gasteiger charge is 2.08. The molecule has 0 atom stereocenters. The van der Waals surface area contributed by atoms with Crippen LogP contribution in [0, 0.1) is 6.92 Å². The first-order chi connectivity index (χ1) is 8.61. The zero-order valence-corrected chi connectivity index (χ0v) is 11.3. The number of pyridine rings is 1. The number of unbranched alkanes of at least 4 members (excludes halogenated alkanes) is 1. The number of fused-ring (bicyclic) bond motifs is 1. The van der Waals surface area contributed by atoms with Crippen LogP contribution < -0.4 is 0 Å². The number of aryl methyl sites for hydroxylation is 2. The number of ketones is 1. The van der Waals surface area contributed by atoms with Crippen molar-refractivity contribution in [1.82, 2.24) is 4.98 Å².